The van der Waals surface area contributed by atoms with Crippen LogP contribution < -0.4 is 4.74 Å². The third-order valence-corrected chi connectivity index (χ3v) is 1.96. The van der Waals surface area contributed by atoms with Crippen LogP contribution in [-0.4, -0.2) is 12.2 Å². The standard InChI is InChI=1S/C10H14O2/c1-3-8-4-5-10(12-2)6-9(8)7-11/h4-6,11H,3,7H2,1-2H3. The molecule has 1 aromatic rings. The Hall–Kier alpha value is -1.02. The zero-order chi connectivity index (χ0) is 8.97. The average molecular weight is 166 g/mol. The van der Waals surface area contributed by atoms with E-state index < -0.39 is 0 Å². The molecule has 0 amide bonds. The molecule has 0 aliphatic rings. The van der Waals surface area contributed by atoms with Crippen LogP contribution in [-0.2, 0) is 13.0 Å². The lowest BCUT2D eigenvalue weighted by atomic mass is 10.1. The predicted molar refractivity (Wildman–Crippen MR) is 48.3 cm³/mol. The van der Waals surface area contributed by atoms with Crippen molar-refractivity contribution < 1.29 is 9.84 Å². The minimum absolute atomic E-state index is 0.0837. The third-order valence-electron chi connectivity index (χ3n) is 1.96. The fourth-order valence-electron chi connectivity index (χ4n) is 1.22. The van der Waals surface area contributed by atoms with Gasteiger partial charge in [0.15, 0.2) is 0 Å². The predicted octanol–water partition coefficient (Wildman–Crippen LogP) is 1.75. The molecule has 0 bridgehead atoms. The Labute approximate surface area is 72.8 Å². The van der Waals surface area contributed by atoms with E-state index in [2.05, 4.69) is 6.92 Å². The van der Waals surface area contributed by atoms with Crippen molar-refractivity contribution in [3.8, 4) is 5.75 Å². The van der Waals surface area contributed by atoms with Gasteiger partial charge in [-0.1, -0.05) is 13.0 Å². The lowest BCUT2D eigenvalue weighted by molar-refractivity contribution is 0.280. The van der Waals surface area contributed by atoms with Crippen molar-refractivity contribution in [1.29, 1.82) is 0 Å². The Morgan fingerprint density at radius 1 is 1.33 bits per heavy atom. The van der Waals surface area contributed by atoms with Crippen molar-refractivity contribution in [3.05, 3.63) is 29.3 Å². The van der Waals surface area contributed by atoms with Crippen molar-refractivity contribution in [1.82, 2.24) is 0 Å². The minimum Gasteiger partial charge on any atom is -0.497 e. The summed E-state index contributed by atoms with van der Waals surface area (Å²) < 4.78 is 5.05. The molecule has 0 aliphatic carbocycles. The van der Waals surface area contributed by atoms with E-state index in [0.717, 1.165) is 17.7 Å². The first-order valence-electron chi connectivity index (χ1n) is 4.08. The van der Waals surface area contributed by atoms with Gasteiger partial charge in [0, 0.05) is 0 Å². The summed E-state index contributed by atoms with van der Waals surface area (Å²) in [5.41, 5.74) is 2.13. The molecule has 0 aromatic heterocycles. The number of ether oxygens (including phenoxy) is 1. The molecule has 0 saturated heterocycles. The van der Waals surface area contributed by atoms with Crippen LogP contribution in [0.15, 0.2) is 18.2 Å². The van der Waals surface area contributed by atoms with Gasteiger partial charge in [-0.3, -0.25) is 0 Å². The van der Waals surface area contributed by atoms with Crippen LogP contribution in [0.4, 0.5) is 0 Å². The first-order chi connectivity index (χ1) is 5.81. The molecule has 1 N–H and O–H groups in total. The summed E-state index contributed by atoms with van der Waals surface area (Å²) in [5.74, 6) is 0.802. The van der Waals surface area contributed by atoms with Crippen LogP contribution in [0.2, 0.25) is 0 Å². The van der Waals surface area contributed by atoms with Crippen molar-refractivity contribution in [2.75, 3.05) is 7.11 Å². The maximum Gasteiger partial charge on any atom is 0.119 e. The van der Waals surface area contributed by atoms with Gasteiger partial charge in [-0.15, -0.1) is 0 Å². The number of methoxy groups -OCH3 is 1. The van der Waals surface area contributed by atoms with Gasteiger partial charge < -0.3 is 9.84 Å². The highest BCUT2D eigenvalue weighted by atomic mass is 16.5. The van der Waals surface area contributed by atoms with E-state index in [1.807, 2.05) is 18.2 Å². The second-order valence-electron chi connectivity index (χ2n) is 2.65. The first-order valence-corrected chi connectivity index (χ1v) is 4.08. The van der Waals surface area contributed by atoms with Crippen LogP contribution in [0, 0.1) is 0 Å². The second-order valence-corrected chi connectivity index (χ2v) is 2.65. The number of hydrogen-bond donors (Lipinski definition) is 1. The van der Waals surface area contributed by atoms with Gasteiger partial charge in [0.25, 0.3) is 0 Å². The molecule has 12 heavy (non-hydrogen) atoms. The van der Waals surface area contributed by atoms with E-state index in [4.69, 9.17) is 9.84 Å². The van der Waals surface area contributed by atoms with E-state index in [-0.39, 0.29) is 6.61 Å². The van der Waals surface area contributed by atoms with E-state index in [0.29, 0.717) is 0 Å². The van der Waals surface area contributed by atoms with Crippen molar-refractivity contribution in [2.24, 2.45) is 0 Å². The quantitative estimate of drug-likeness (QED) is 0.741. The van der Waals surface area contributed by atoms with Gasteiger partial charge in [-0.05, 0) is 29.7 Å². The molecule has 1 aromatic carbocycles. The fraction of sp³-hybridized carbons (Fsp3) is 0.400. The smallest absolute Gasteiger partial charge is 0.119 e. The number of aliphatic hydroxyl groups is 1. The zero-order valence-electron chi connectivity index (χ0n) is 7.50. The number of benzene rings is 1. The monoisotopic (exact) mass is 166 g/mol. The van der Waals surface area contributed by atoms with Gasteiger partial charge in [-0.2, -0.15) is 0 Å². The molecule has 2 heteroatoms. The summed E-state index contributed by atoms with van der Waals surface area (Å²) >= 11 is 0. The number of rotatable bonds is 3. The zero-order valence-corrected chi connectivity index (χ0v) is 7.50. The van der Waals surface area contributed by atoms with Crippen LogP contribution in [0.5, 0.6) is 5.75 Å². The molecule has 0 atom stereocenters. The molecular weight excluding hydrogens is 152 g/mol. The fourth-order valence-corrected chi connectivity index (χ4v) is 1.22. The van der Waals surface area contributed by atoms with Gasteiger partial charge >= 0.3 is 0 Å². The Balaban J connectivity index is 3.02. The largest absolute Gasteiger partial charge is 0.497 e. The van der Waals surface area contributed by atoms with E-state index in [1.54, 1.807) is 7.11 Å². The highest BCUT2D eigenvalue weighted by Gasteiger charge is 2.00. The second kappa shape index (κ2) is 4.12. The lowest BCUT2D eigenvalue weighted by Gasteiger charge is -2.06. The summed E-state index contributed by atoms with van der Waals surface area (Å²) in [4.78, 5) is 0. The Morgan fingerprint density at radius 3 is 2.58 bits per heavy atom. The summed E-state index contributed by atoms with van der Waals surface area (Å²) in [6.45, 7) is 2.15. The minimum atomic E-state index is 0.0837. The number of aliphatic hydroxyl groups excluding tert-OH is 1. The number of aryl methyl sites for hydroxylation is 1. The van der Waals surface area contributed by atoms with Gasteiger partial charge in [-0.25, -0.2) is 0 Å². The SMILES string of the molecule is CCc1ccc(OC)cc1CO. The highest BCUT2D eigenvalue weighted by Crippen LogP contribution is 2.17. The van der Waals surface area contributed by atoms with Crippen LogP contribution in [0.3, 0.4) is 0 Å². The summed E-state index contributed by atoms with van der Waals surface area (Å²) in [5, 5.41) is 9.01. The van der Waals surface area contributed by atoms with Crippen LogP contribution in [0.1, 0.15) is 18.1 Å². The normalized spacial score (nSPS) is 9.92. The lowest BCUT2D eigenvalue weighted by Crippen LogP contribution is -1.93. The van der Waals surface area contributed by atoms with Crippen LogP contribution >= 0.6 is 0 Å². The highest BCUT2D eigenvalue weighted by molar-refractivity contribution is 5.35. The maximum absolute atomic E-state index is 9.01. The molecule has 2 nitrogen and oxygen atoms in total. The first kappa shape index (κ1) is 9.07. The summed E-state index contributed by atoms with van der Waals surface area (Å²) in [6, 6.07) is 5.78. The molecular formula is C10H14O2. The Morgan fingerprint density at radius 2 is 2.08 bits per heavy atom. The molecule has 0 unspecified atom stereocenters. The maximum atomic E-state index is 9.01. The van der Waals surface area contributed by atoms with E-state index in [1.165, 1.54) is 5.56 Å². The molecule has 0 aliphatic heterocycles. The van der Waals surface area contributed by atoms with Crippen molar-refractivity contribution in [3.63, 3.8) is 0 Å². The van der Waals surface area contributed by atoms with Crippen molar-refractivity contribution in [2.45, 2.75) is 20.0 Å². The third kappa shape index (κ3) is 1.77. The Bertz CT molecular complexity index is 256. The van der Waals surface area contributed by atoms with Crippen molar-refractivity contribution >= 4 is 0 Å². The number of hydrogen-bond acceptors (Lipinski definition) is 2. The Kier molecular flexibility index (Phi) is 3.11. The molecule has 0 fully saturated rings. The van der Waals surface area contributed by atoms with Crippen LogP contribution in [0.25, 0.3) is 0 Å². The average Bonchev–Trinajstić information content (AvgIpc) is 2.16. The van der Waals surface area contributed by atoms with Gasteiger partial charge in [0.1, 0.15) is 5.75 Å². The molecule has 0 radical (unpaired) electrons. The summed E-state index contributed by atoms with van der Waals surface area (Å²) in [7, 11) is 1.63. The van der Waals surface area contributed by atoms with Gasteiger partial charge in [0.05, 0.1) is 13.7 Å². The molecule has 1 rings (SSSR count). The summed E-state index contributed by atoms with van der Waals surface area (Å²) in [6.07, 6.45) is 0.944. The molecule has 0 spiro atoms. The van der Waals surface area contributed by atoms with E-state index >= 15 is 0 Å². The van der Waals surface area contributed by atoms with E-state index in [9.17, 15) is 0 Å². The topological polar surface area (TPSA) is 29.5 Å². The molecule has 66 valence electrons. The molecule has 0 heterocycles. The van der Waals surface area contributed by atoms with Gasteiger partial charge in [0.2, 0.25) is 0 Å². The molecule has 0 saturated carbocycles.